The molecule has 0 fully saturated rings. The molecule has 2 aromatic rings. The van der Waals surface area contributed by atoms with Crippen molar-refractivity contribution in [2.45, 2.75) is 18.4 Å². The fourth-order valence-corrected chi connectivity index (χ4v) is 2.24. The highest BCUT2D eigenvalue weighted by Gasteiger charge is 2.12. The number of hydrogen-bond acceptors (Lipinski definition) is 4. The SMILES string of the molecule is Cc1ccc(NC(=O)Cn2cc(S(N)(=O)=O)cn2)cc1Cl. The summed E-state index contributed by atoms with van der Waals surface area (Å²) in [4.78, 5) is 11.7. The minimum absolute atomic E-state index is 0.138. The minimum atomic E-state index is -3.82. The number of amides is 1. The lowest BCUT2D eigenvalue weighted by Crippen LogP contribution is -2.19. The molecule has 1 aromatic carbocycles. The number of nitrogens with one attached hydrogen (secondary N) is 1. The lowest BCUT2D eigenvalue weighted by atomic mass is 10.2. The predicted octanol–water partition coefficient (Wildman–Crippen LogP) is 1.13. The average Bonchev–Trinajstić information content (AvgIpc) is 2.82. The summed E-state index contributed by atoms with van der Waals surface area (Å²) >= 11 is 5.96. The van der Waals surface area contributed by atoms with Gasteiger partial charge in [-0.15, -0.1) is 0 Å². The Kier molecular flexibility index (Phi) is 4.31. The van der Waals surface area contributed by atoms with Crippen molar-refractivity contribution in [1.82, 2.24) is 9.78 Å². The third-order valence-corrected chi connectivity index (χ3v) is 3.97. The van der Waals surface area contributed by atoms with Crippen molar-refractivity contribution < 1.29 is 13.2 Å². The normalized spacial score (nSPS) is 11.4. The number of nitrogens with zero attached hydrogens (tertiary/aromatic N) is 2. The highest BCUT2D eigenvalue weighted by atomic mass is 35.5. The molecule has 0 aliphatic rings. The lowest BCUT2D eigenvalue weighted by Gasteiger charge is -2.07. The molecule has 0 saturated carbocycles. The Balaban J connectivity index is 2.05. The standard InChI is InChI=1S/C12H13ClN4O3S/c1-8-2-3-9(4-11(8)13)16-12(18)7-17-6-10(5-15-17)21(14,19)20/h2-6H,7H2,1H3,(H,16,18)(H2,14,19,20). The Morgan fingerprint density at radius 2 is 2.19 bits per heavy atom. The van der Waals surface area contributed by atoms with Gasteiger partial charge in [0.05, 0.1) is 6.20 Å². The van der Waals surface area contributed by atoms with Crippen molar-refractivity contribution in [1.29, 1.82) is 0 Å². The molecule has 112 valence electrons. The molecule has 1 amide bonds. The largest absolute Gasteiger partial charge is 0.324 e. The van der Waals surface area contributed by atoms with Crippen LogP contribution in [-0.2, 0) is 21.4 Å². The molecule has 21 heavy (non-hydrogen) atoms. The Morgan fingerprint density at radius 1 is 1.48 bits per heavy atom. The van der Waals surface area contributed by atoms with Crippen LogP contribution in [0.3, 0.4) is 0 Å². The molecule has 0 unspecified atom stereocenters. The summed E-state index contributed by atoms with van der Waals surface area (Å²) in [5, 5.41) is 11.9. The number of carbonyl (C=O) groups excluding carboxylic acids is 1. The van der Waals surface area contributed by atoms with Crippen LogP contribution in [0.5, 0.6) is 0 Å². The van der Waals surface area contributed by atoms with E-state index in [1.54, 1.807) is 18.2 Å². The lowest BCUT2D eigenvalue weighted by molar-refractivity contribution is -0.116. The maximum atomic E-state index is 11.8. The van der Waals surface area contributed by atoms with E-state index in [4.69, 9.17) is 16.7 Å². The molecule has 0 aliphatic carbocycles. The van der Waals surface area contributed by atoms with Crippen molar-refractivity contribution in [3.63, 3.8) is 0 Å². The predicted molar refractivity (Wildman–Crippen MR) is 78.4 cm³/mol. The second kappa shape index (κ2) is 5.84. The number of anilines is 1. The zero-order valence-corrected chi connectivity index (χ0v) is 12.6. The maximum Gasteiger partial charge on any atom is 0.246 e. The fourth-order valence-electron chi connectivity index (χ4n) is 1.60. The van der Waals surface area contributed by atoms with E-state index in [0.717, 1.165) is 11.8 Å². The van der Waals surface area contributed by atoms with Gasteiger partial charge in [-0.3, -0.25) is 9.48 Å². The second-order valence-electron chi connectivity index (χ2n) is 4.43. The van der Waals surface area contributed by atoms with Crippen LogP contribution in [-0.4, -0.2) is 24.1 Å². The zero-order valence-electron chi connectivity index (χ0n) is 11.1. The molecule has 9 heteroatoms. The molecular weight excluding hydrogens is 316 g/mol. The van der Waals surface area contributed by atoms with E-state index in [9.17, 15) is 13.2 Å². The molecular formula is C12H13ClN4O3S. The number of primary sulfonamides is 1. The second-order valence-corrected chi connectivity index (χ2v) is 6.40. The molecule has 0 saturated heterocycles. The number of halogens is 1. The Bertz CT molecular complexity index is 786. The van der Waals surface area contributed by atoms with E-state index < -0.39 is 10.0 Å². The summed E-state index contributed by atoms with van der Waals surface area (Å²) in [5.41, 5.74) is 1.45. The minimum Gasteiger partial charge on any atom is -0.324 e. The Hall–Kier alpha value is -1.90. The van der Waals surface area contributed by atoms with Gasteiger partial charge in [-0.2, -0.15) is 5.10 Å². The van der Waals surface area contributed by atoms with Gasteiger partial charge in [-0.25, -0.2) is 13.6 Å². The molecule has 0 bridgehead atoms. The molecule has 1 aromatic heterocycles. The van der Waals surface area contributed by atoms with Crippen molar-refractivity contribution in [2.75, 3.05) is 5.32 Å². The van der Waals surface area contributed by atoms with Crippen LogP contribution in [0.2, 0.25) is 5.02 Å². The van der Waals surface area contributed by atoms with Crippen molar-refractivity contribution >= 4 is 33.2 Å². The van der Waals surface area contributed by atoms with Gasteiger partial charge < -0.3 is 5.32 Å². The van der Waals surface area contributed by atoms with Crippen molar-refractivity contribution in [3.8, 4) is 0 Å². The summed E-state index contributed by atoms with van der Waals surface area (Å²) in [6.07, 6.45) is 2.28. The first-order chi connectivity index (χ1) is 9.75. The molecule has 0 radical (unpaired) electrons. The van der Waals surface area contributed by atoms with Crippen LogP contribution >= 0.6 is 11.6 Å². The van der Waals surface area contributed by atoms with E-state index in [2.05, 4.69) is 10.4 Å². The van der Waals surface area contributed by atoms with Gasteiger partial charge in [0.1, 0.15) is 11.4 Å². The van der Waals surface area contributed by atoms with Gasteiger partial charge >= 0.3 is 0 Å². The van der Waals surface area contributed by atoms with E-state index >= 15 is 0 Å². The molecule has 7 nitrogen and oxygen atoms in total. The first-order valence-corrected chi connectivity index (χ1v) is 7.79. The number of aryl methyl sites for hydroxylation is 1. The first kappa shape index (κ1) is 15.5. The average molecular weight is 329 g/mol. The number of benzene rings is 1. The number of aromatic nitrogens is 2. The van der Waals surface area contributed by atoms with Gasteiger partial charge in [0.15, 0.2) is 0 Å². The van der Waals surface area contributed by atoms with Gasteiger partial charge in [0.25, 0.3) is 0 Å². The summed E-state index contributed by atoms with van der Waals surface area (Å²) in [7, 11) is -3.82. The Morgan fingerprint density at radius 3 is 2.76 bits per heavy atom. The van der Waals surface area contributed by atoms with Crippen LogP contribution in [0, 0.1) is 6.92 Å². The summed E-state index contributed by atoms with van der Waals surface area (Å²) in [5.74, 6) is -0.362. The summed E-state index contributed by atoms with van der Waals surface area (Å²) in [6, 6.07) is 5.14. The number of hydrogen-bond donors (Lipinski definition) is 2. The van der Waals surface area contributed by atoms with E-state index in [-0.39, 0.29) is 17.3 Å². The van der Waals surface area contributed by atoms with Crippen LogP contribution in [0.15, 0.2) is 35.5 Å². The number of nitrogens with two attached hydrogens (primary N) is 1. The van der Waals surface area contributed by atoms with Gasteiger partial charge in [0.2, 0.25) is 15.9 Å². The number of carbonyl (C=O) groups is 1. The molecule has 1 heterocycles. The topological polar surface area (TPSA) is 107 Å². The molecule has 3 N–H and O–H groups in total. The summed E-state index contributed by atoms with van der Waals surface area (Å²) in [6.45, 7) is 1.72. The van der Waals surface area contributed by atoms with Crippen LogP contribution in [0.4, 0.5) is 5.69 Å². The molecule has 0 aliphatic heterocycles. The van der Waals surface area contributed by atoms with Crippen LogP contribution < -0.4 is 10.5 Å². The molecule has 2 rings (SSSR count). The number of rotatable bonds is 4. The van der Waals surface area contributed by atoms with Crippen LogP contribution in [0.1, 0.15) is 5.56 Å². The zero-order chi connectivity index (χ0) is 15.6. The first-order valence-electron chi connectivity index (χ1n) is 5.87. The highest BCUT2D eigenvalue weighted by molar-refractivity contribution is 7.89. The molecule has 0 atom stereocenters. The monoisotopic (exact) mass is 328 g/mol. The van der Waals surface area contributed by atoms with Crippen LogP contribution in [0.25, 0.3) is 0 Å². The third-order valence-electron chi connectivity index (χ3n) is 2.70. The maximum absolute atomic E-state index is 11.8. The smallest absolute Gasteiger partial charge is 0.246 e. The van der Waals surface area contributed by atoms with Gasteiger partial charge in [0, 0.05) is 16.9 Å². The quantitative estimate of drug-likeness (QED) is 0.877. The fraction of sp³-hybridized carbons (Fsp3) is 0.167. The Labute approximate surface area is 126 Å². The highest BCUT2D eigenvalue weighted by Crippen LogP contribution is 2.19. The summed E-state index contributed by atoms with van der Waals surface area (Å²) < 4.78 is 23.4. The third kappa shape index (κ3) is 4.03. The van der Waals surface area contributed by atoms with E-state index in [1.807, 2.05) is 6.92 Å². The van der Waals surface area contributed by atoms with Crippen molar-refractivity contribution in [3.05, 3.63) is 41.2 Å². The van der Waals surface area contributed by atoms with Gasteiger partial charge in [-0.1, -0.05) is 17.7 Å². The van der Waals surface area contributed by atoms with Crippen molar-refractivity contribution in [2.24, 2.45) is 5.14 Å². The van der Waals surface area contributed by atoms with E-state index in [1.165, 1.54) is 10.9 Å². The molecule has 0 spiro atoms. The van der Waals surface area contributed by atoms with E-state index in [0.29, 0.717) is 10.7 Å². The van der Waals surface area contributed by atoms with Gasteiger partial charge in [-0.05, 0) is 24.6 Å². The number of sulfonamides is 1.